The molecule has 0 spiro atoms. The molecule has 1 aromatic heterocycles. The molecule has 0 atom stereocenters. The third-order valence-electron chi connectivity index (χ3n) is 3.42. The Labute approximate surface area is 126 Å². The molecule has 2 amide bonds. The van der Waals surface area contributed by atoms with Gasteiger partial charge in [-0.25, -0.2) is 4.79 Å². The topological polar surface area (TPSA) is 54.8 Å². The molecule has 2 rings (SSSR count). The van der Waals surface area contributed by atoms with Crippen molar-refractivity contribution in [2.24, 2.45) is 0 Å². The van der Waals surface area contributed by atoms with E-state index >= 15 is 0 Å². The number of aromatic nitrogens is 1. The molecule has 1 fully saturated rings. The fourth-order valence-corrected chi connectivity index (χ4v) is 2.76. The number of aryl methyl sites for hydroxylation is 1. The molecule has 1 aromatic rings. The minimum Gasteiger partial charge on any atom is -0.453 e. The Morgan fingerprint density at radius 3 is 2.40 bits per heavy atom. The number of amides is 2. The lowest BCUT2D eigenvalue weighted by atomic mass is 10.3. The van der Waals surface area contributed by atoms with Crippen LogP contribution in [0.25, 0.3) is 0 Å². The number of carbonyl (C=O) groups excluding carboxylic acids is 2. The fourth-order valence-electron chi connectivity index (χ4n) is 2.30. The molecular formula is C13H18BrN3O3. The minimum absolute atomic E-state index is 0.00191. The summed E-state index contributed by atoms with van der Waals surface area (Å²) in [6, 6.07) is 1.83. The highest BCUT2D eigenvalue weighted by molar-refractivity contribution is 9.10. The maximum absolute atomic E-state index is 12.5. The van der Waals surface area contributed by atoms with Crippen LogP contribution in [0.2, 0.25) is 0 Å². The molecule has 0 radical (unpaired) electrons. The van der Waals surface area contributed by atoms with Crippen molar-refractivity contribution in [3.8, 4) is 0 Å². The van der Waals surface area contributed by atoms with Crippen LogP contribution in [0.4, 0.5) is 4.79 Å². The predicted octanol–water partition coefficient (Wildman–Crippen LogP) is 1.79. The SMILES string of the molecule is CCn1cc(Br)cc1C(=O)N1CCN(C(=O)OC)CC1. The fraction of sp³-hybridized carbons (Fsp3) is 0.538. The maximum Gasteiger partial charge on any atom is 0.409 e. The number of nitrogens with zero attached hydrogens (tertiary/aromatic N) is 3. The first-order valence-corrected chi connectivity index (χ1v) is 7.34. The summed E-state index contributed by atoms with van der Waals surface area (Å²) in [5.41, 5.74) is 0.672. The molecule has 0 bridgehead atoms. The van der Waals surface area contributed by atoms with Gasteiger partial charge in [0.1, 0.15) is 5.69 Å². The van der Waals surface area contributed by atoms with E-state index in [4.69, 9.17) is 0 Å². The second-order valence-electron chi connectivity index (χ2n) is 4.58. The lowest BCUT2D eigenvalue weighted by molar-refractivity contribution is 0.0590. The highest BCUT2D eigenvalue weighted by atomic mass is 79.9. The number of ether oxygens (including phenoxy) is 1. The summed E-state index contributed by atoms with van der Waals surface area (Å²) >= 11 is 3.39. The minimum atomic E-state index is -0.336. The van der Waals surface area contributed by atoms with Gasteiger partial charge in [0.2, 0.25) is 0 Å². The Balaban J connectivity index is 2.03. The first kappa shape index (κ1) is 14.9. The Hall–Kier alpha value is -1.50. The van der Waals surface area contributed by atoms with Crippen LogP contribution in [0, 0.1) is 0 Å². The molecule has 7 heteroatoms. The van der Waals surface area contributed by atoms with E-state index in [1.807, 2.05) is 23.8 Å². The first-order chi connectivity index (χ1) is 9.56. The van der Waals surface area contributed by atoms with Crippen LogP contribution in [0.3, 0.4) is 0 Å². The lowest BCUT2D eigenvalue weighted by Gasteiger charge is -2.33. The third-order valence-corrected chi connectivity index (χ3v) is 3.86. The van der Waals surface area contributed by atoms with E-state index in [1.165, 1.54) is 7.11 Å². The average molecular weight is 344 g/mol. The van der Waals surface area contributed by atoms with Gasteiger partial charge in [-0.1, -0.05) is 0 Å². The van der Waals surface area contributed by atoms with Crippen LogP contribution in [0.15, 0.2) is 16.7 Å². The summed E-state index contributed by atoms with van der Waals surface area (Å²) in [5.74, 6) is 0.00191. The Morgan fingerprint density at radius 2 is 1.85 bits per heavy atom. The van der Waals surface area contributed by atoms with Crippen molar-refractivity contribution in [3.63, 3.8) is 0 Å². The molecule has 0 unspecified atom stereocenters. The third kappa shape index (κ3) is 2.98. The van der Waals surface area contributed by atoms with E-state index in [-0.39, 0.29) is 12.0 Å². The van der Waals surface area contributed by atoms with Crippen molar-refractivity contribution in [1.29, 1.82) is 0 Å². The van der Waals surface area contributed by atoms with Crippen LogP contribution in [-0.4, -0.2) is 59.7 Å². The van der Waals surface area contributed by atoms with E-state index in [1.54, 1.807) is 9.80 Å². The summed E-state index contributed by atoms with van der Waals surface area (Å²) in [7, 11) is 1.37. The van der Waals surface area contributed by atoms with Gasteiger partial charge < -0.3 is 19.1 Å². The highest BCUT2D eigenvalue weighted by Crippen LogP contribution is 2.17. The summed E-state index contributed by atoms with van der Waals surface area (Å²) in [6.07, 6.45) is 1.56. The standard InChI is InChI=1S/C13H18BrN3O3/c1-3-15-9-10(14)8-11(15)12(18)16-4-6-17(7-5-16)13(19)20-2/h8-9H,3-7H2,1-2H3. The monoisotopic (exact) mass is 343 g/mol. The number of methoxy groups -OCH3 is 1. The molecule has 2 heterocycles. The molecule has 110 valence electrons. The summed E-state index contributed by atoms with van der Waals surface area (Å²) < 4.78 is 7.50. The van der Waals surface area contributed by atoms with Gasteiger partial charge in [0, 0.05) is 43.4 Å². The van der Waals surface area contributed by atoms with Crippen LogP contribution < -0.4 is 0 Å². The van der Waals surface area contributed by atoms with Gasteiger partial charge in [-0.05, 0) is 28.9 Å². The van der Waals surface area contributed by atoms with E-state index in [9.17, 15) is 9.59 Å². The number of piperazine rings is 1. The van der Waals surface area contributed by atoms with E-state index in [0.717, 1.165) is 11.0 Å². The Kier molecular flexibility index (Phi) is 4.69. The van der Waals surface area contributed by atoms with Gasteiger partial charge >= 0.3 is 6.09 Å². The molecule has 1 aliphatic rings. The molecule has 0 N–H and O–H groups in total. The number of rotatable bonds is 2. The van der Waals surface area contributed by atoms with Gasteiger partial charge in [0.15, 0.2) is 0 Å². The van der Waals surface area contributed by atoms with Crippen molar-refractivity contribution < 1.29 is 14.3 Å². The zero-order valence-corrected chi connectivity index (χ0v) is 13.2. The van der Waals surface area contributed by atoms with Crippen molar-refractivity contribution in [2.45, 2.75) is 13.5 Å². The summed E-state index contributed by atoms with van der Waals surface area (Å²) in [4.78, 5) is 27.3. The van der Waals surface area contributed by atoms with E-state index in [0.29, 0.717) is 31.9 Å². The number of carbonyl (C=O) groups is 2. The lowest BCUT2D eigenvalue weighted by Crippen LogP contribution is -2.50. The largest absolute Gasteiger partial charge is 0.453 e. The summed E-state index contributed by atoms with van der Waals surface area (Å²) in [5, 5.41) is 0. The van der Waals surface area contributed by atoms with Gasteiger partial charge in [-0.2, -0.15) is 0 Å². The van der Waals surface area contributed by atoms with E-state index < -0.39 is 0 Å². The predicted molar refractivity (Wildman–Crippen MR) is 77.7 cm³/mol. The van der Waals surface area contributed by atoms with Crippen LogP contribution in [0.1, 0.15) is 17.4 Å². The van der Waals surface area contributed by atoms with Crippen molar-refractivity contribution >= 4 is 27.9 Å². The van der Waals surface area contributed by atoms with E-state index in [2.05, 4.69) is 20.7 Å². The van der Waals surface area contributed by atoms with Crippen molar-refractivity contribution in [2.75, 3.05) is 33.3 Å². The first-order valence-electron chi connectivity index (χ1n) is 6.54. The zero-order valence-electron chi connectivity index (χ0n) is 11.6. The molecule has 0 saturated carbocycles. The van der Waals surface area contributed by atoms with Crippen molar-refractivity contribution in [1.82, 2.24) is 14.4 Å². The van der Waals surface area contributed by atoms with Crippen molar-refractivity contribution in [3.05, 3.63) is 22.4 Å². The van der Waals surface area contributed by atoms with Gasteiger partial charge in [-0.3, -0.25) is 4.79 Å². The normalized spacial score (nSPS) is 15.3. The number of hydrogen-bond donors (Lipinski definition) is 0. The molecule has 0 aliphatic carbocycles. The van der Waals surface area contributed by atoms with Crippen LogP contribution >= 0.6 is 15.9 Å². The molecule has 6 nitrogen and oxygen atoms in total. The second kappa shape index (κ2) is 6.30. The maximum atomic E-state index is 12.5. The zero-order chi connectivity index (χ0) is 14.7. The molecule has 1 aliphatic heterocycles. The van der Waals surface area contributed by atoms with Gasteiger partial charge in [0.05, 0.1) is 7.11 Å². The molecule has 20 heavy (non-hydrogen) atoms. The molecular weight excluding hydrogens is 326 g/mol. The summed E-state index contributed by atoms with van der Waals surface area (Å²) in [6.45, 7) is 4.81. The molecule has 1 saturated heterocycles. The number of hydrogen-bond acceptors (Lipinski definition) is 3. The van der Waals surface area contributed by atoms with Crippen LogP contribution in [-0.2, 0) is 11.3 Å². The number of halogens is 1. The van der Waals surface area contributed by atoms with Crippen LogP contribution in [0.5, 0.6) is 0 Å². The smallest absolute Gasteiger partial charge is 0.409 e. The average Bonchev–Trinajstić information content (AvgIpc) is 2.87. The second-order valence-corrected chi connectivity index (χ2v) is 5.49. The quantitative estimate of drug-likeness (QED) is 0.822. The Bertz CT molecular complexity index is 507. The highest BCUT2D eigenvalue weighted by Gasteiger charge is 2.26. The Morgan fingerprint density at radius 1 is 1.25 bits per heavy atom. The van der Waals surface area contributed by atoms with Gasteiger partial charge in [0.25, 0.3) is 5.91 Å². The van der Waals surface area contributed by atoms with Gasteiger partial charge in [-0.15, -0.1) is 0 Å². The molecule has 0 aromatic carbocycles.